The Hall–Kier alpha value is -2.83. The van der Waals surface area contributed by atoms with Gasteiger partial charge in [0.2, 0.25) is 0 Å². The summed E-state index contributed by atoms with van der Waals surface area (Å²) in [6.07, 6.45) is 0. The second-order valence-corrected chi connectivity index (χ2v) is 7.04. The smallest absolute Gasteiger partial charge is 0.258 e. The van der Waals surface area contributed by atoms with Crippen LogP contribution in [0.25, 0.3) is 21.8 Å². The maximum atomic E-state index is 12.3. The number of fused-ring (bicyclic) bond motifs is 2. The zero-order valence-electron chi connectivity index (χ0n) is 15.1. The predicted molar refractivity (Wildman–Crippen MR) is 110 cm³/mol. The molecule has 0 aliphatic rings. The van der Waals surface area contributed by atoms with E-state index in [9.17, 15) is 4.79 Å². The molecule has 2 aromatic carbocycles. The maximum absolute atomic E-state index is 12.3. The number of pyridine rings is 1. The van der Waals surface area contributed by atoms with Gasteiger partial charge in [0.15, 0.2) is 12.5 Å². The third-order valence-corrected chi connectivity index (χ3v) is 5.22. The molecule has 4 rings (SSSR count). The van der Waals surface area contributed by atoms with Crippen molar-refractivity contribution >= 4 is 34.0 Å². The Morgan fingerprint density at radius 1 is 1.07 bits per heavy atom. The number of aromatic amines is 1. The second kappa shape index (κ2) is 7.42. The van der Waals surface area contributed by atoms with Crippen molar-refractivity contribution in [3.05, 3.63) is 81.5 Å². The lowest BCUT2D eigenvalue weighted by molar-refractivity contribution is -0.935. The molecule has 2 heterocycles. The Morgan fingerprint density at radius 2 is 1.85 bits per heavy atom. The minimum atomic E-state index is -0.0900. The molecule has 0 aliphatic heterocycles. The summed E-state index contributed by atoms with van der Waals surface area (Å²) in [5, 5.41) is 1.79. The highest BCUT2D eigenvalue weighted by molar-refractivity contribution is 7.71. The van der Waals surface area contributed by atoms with Gasteiger partial charge in [0.1, 0.15) is 11.2 Å². The van der Waals surface area contributed by atoms with E-state index in [0.29, 0.717) is 24.4 Å². The largest absolute Gasteiger partial charge is 0.311 e. The van der Waals surface area contributed by atoms with E-state index in [0.717, 1.165) is 22.2 Å². The summed E-state index contributed by atoms with van der Waals surface area (Å²) >= 11 is 5.57. The van der Waals surface area contributed by atoms with Crippen LogP contribution in [0.5, 0.6) is 0 Å². The van der Waals surface area contributed by atoms with Gasteiger partial charge >= 0.3 is 0 Å². The Labute approximate surface area is 161 Å². The van der Waals surface area contributed by atoms with Crippen molar-refractivity contribution < 1.29 is 4.90 Å². The Morgan fingerprint density at radius 3 is 2.70 bits per heavy atom. The lowest BCUT2D eigenvalue weighted by atomic mass is 10.2. The summed E-state index contributed by atoms with van der Waals surface area (Å²) in [4.78, 5) is 21.2. The summed E-state index contributed by atoms with van der Waals surface area (Å²) in [5.74, 6) is 0.697. The quantitative estimate of drug-likeness (QED) is 0.526. The van der Waals surface area contributed by atoms with Gasteiger partial charge in [-0.1, -0.05) is 42.5 Å². The molecule has 0 saturated carbocycles. The van der Waals surface area contributed by atoms with Gasteiger partial charge in [-0.15, -0.1) is 0 Å². The molecule has 0 bridgehead atoms. The molecule has 0 saturated heterocycles. The molecule has 1 atom stereocenters. The van der Waals surface area contributed by atoms with Crippen molar-refractivity contribution in [2.75, 3.05) is 6.54 Å². The van der Waals surface area contributed by atoms with Crippen LogP contribution in [0.4, 0.5) is 0 Å². The van der Waals surface area contributed by atoms with E-state index in [1.807, 2.05) is 36.4 Å². The molecule has 27 heavy (non-hydrogen) atoms. The first-order valence-corrected chi connectivity index (χ1v) is 9.46. The van der Waals surface area contributed by atoms with Crippen molar-refractivity contribution in [1.82, 2.24) is 14.5 Å². The van der Waals surface area contributed by atoms with Gasteiger partial charge in [0.05, 0.1) is 23.0 Å². The second-order valence-electron chi connectivity index (χ2n) is 6.63. The molecule has 6 heteroatoms. The minimum Gasteiger partial charge on any atom is -0.311 e. The number of quaternary nitrogens is 1. The third-order valence-electron chi connectivity index (χ3n) is 4.86. The topological polar surface area (TPSA) is 55.1 Å². The molecular weight excluding hydrogens is 356 g/mol. The fraction of sp³-hybridized carbons (Fsp3) is 0.190. The van der Waals surface area contributed by atoms with Crippen LogP contribution in [0.2, 0.25) is 0 Å². The summed E-state index contributed by atoms with van der Waals surface area (Å²) in [5.41, 5.74) is 1.76. The lowest BCUT2D eigenvalue weighted by Crippen LogP contribution is -3.09. The van der Waals surface area contributed by atoms with Crippen molar-refractivity contribution in [1.29, 1.82) is 0 Å². The monoisotopic (exact) mass is 377 g/mol. The minimum absolute atomic E-state index is 0.0900. The zero-order valence-corrected chi connectivity index (χ0v) is 15.9. The number of rotatable bonds is 5. The number of hydrogen-bond acceptors (Lipinski definition) is 3. The molecule has 5 nitrogen and oxygen atoms in total. The van der Waals surface area contributed by atoms with E-state index in [2.05, 4.69) is 39.7 Å². The molecule has 0 aliphatic carbocycles. The Bertz CT molecular complexity index is 1230. The van der Waals surface area contributed by atoms with Crippen LogP contribution in [-0.2, 0) is 13.2 Å². The molecule has 0 amide bonds. The number of H-pyrrole nitrogens is 1. The maximum Gasteiger partial charge on any atom is 0.258 e. The SMILES string of the molecule is CC[NH+](Cc1nc2ccccc2c(=O)[nH]1)Cn1c(=S)ccc2ccccc21. The number of aromatic nitrogens is 3. The summed E-state index contributed by atoms with van der Waals surface area (Å²) in [6, 6.07) is 19.7. The standard InChI is InChI=1S/C21H20N4OS/c1-2-24(13-19-22-17-9-5-4-8-16(17)21(26)23-19)14-25-18-10-6-3-7-15(18)11-12-20(25)27/h3-12H,2,13-14H2,1H3,(H,22,23,26)/p+1. The normalized spacial score (nSPS) is 12.5. The van der Waals surface area contributed by atoms with E-state index in [4.69, 9.17) is 12.2 Å². The molecule has 0 radical (unpaired) electrons. The van der Waals surface area contributed by atoms with Crippen LogP contribution in [0.15, 0.2) is 65.5 Å². The molecule has 136 valence electrons. The van der Waals surface area contributed by atoms with Gasteiger partial charge in [-0.25, -0.2) is 4.98 Å². The fourth-order valence-electron chi connectivity index (χ4n) is 3.38. The average Bonchev–Trinajstić information content (AvgIpc) is 2.69. The van der Waals surface area contributed by atoms with E-state index in [1.165, 1.54) is 10.3 Å². The molecule has 1 unspecified atom stereocenters. The highest BCUT2D eigenvalue weighted by Gasteiger charge is 2.13. The van der Waals surface area contributed by atoms with Crippen molar-refractivity contribution in [2.24, 2.45) is 0 Å². The fourth-order valence-corrected chi connectivity index (χ4v) is 3.61. The van der Waals surface area contributed by atoms with Crippen LogP contribution >= 0.6 is 12.2 Å². The van der Waals surface area contributed by atoms with Gasteiger partial charge in [0.25, 0.3) is 5.56 Å². The molecule has 2 aromatic heterocycles. The van der Waals surface area contributed by atoms with Crippen molar-refractivity contribution in [2.45, 2.75) is 20.1 Å². The van der Waals surface area contributed by atoms with Gasteiger partial charge in [-0.2, -0.15) is 0 Å². The molecular formula is C21H21N4OS+. The van der Waals surface area contributed by atoms with Gasteiger partial charge in [0, 0.05) is 0 Å². The van der Waals surface area contributed by atoms with Crippen molar-refractivity contribution in [3.8, 4) is 0 Å². The Balaban J connectivity index is 1.67. The number of nitrogens with one attached hydrogen (secondary N) is 2. The molecule has 0 fully saturated rings. The van der Waals surface area contributed by atoms with Crippen LogP contribution in [0, 0.1) is 4.64 Å². The summed E-state index contributed by atoms with van der Waals surface area (Å²) in [7, 11) is 0. The first-order valence-electron chi connectivity index (χ1n) is 9.06. The van der Waals surface area contributed by atoms with E-state index < -0.39 is 0 Å². The van der Waals surface area contributed by atoms with Gasteiger partial charge in [-0.3, -0.25) is 9.36 Å². The lowest BCUT2D eigenvalue weighted by Gasteiger charge is -2.20. The summed E-state index contributed by atoms with van der Waals surface area (Å²) < 4.78 is 2.96. The zero-order chi connectivity index (χ0) is 18.8. The number of benzene rings is 2. The van der Waals surface area contributed by atoms with E-state index in [1.54, 1.807) is 6.07 Å². The molecule has 2 N–H and O–H groups in total. The highest BCUT2D eigenvalue weighted by atomic mass is 32.1. The highest BCUT2D eigenvalue weighted by Crippen LogP contribution is 2.13. The molecule has 0 spiro atoms. The molecule has 4 aromatic rings. The predicted octanol–water partition coefficient (Wildman–Crippen LogP) is 2.67. The Kier molecular flexibility index (Phi) is 4.83. The first-order chi connectivity index (χ1) is 13.2. The van der Waals surface area contributed by atoms with Crippen LogP contribution < -0.4 is 10.5 Å². The van der Waals surface area contributed by atoms with Crippen molar-refractivity contribution in [3.63, 3.8) is 0 Å². The third kappa shape index (κ3) is 3.54. The van der Waals surface area contributed by atoms with Crippen LogP contribution in [0.3, 0.4) is 0 Å². The summed E-state index contributed by atoms with van der Waals surface area (Å²) in [6.45, 7) is 4.36. The number of para-hydroxylation sites is 2. The number of nitrogens with zero attached hydrogens (tertiary/aromatic N) is 2. The van der Waals surface area contributed by atoms with Gasteiger partial charge < -0.3 is 9.88 Å². The van der Waals surface area contributed by atoms with Gasteiger partial charge in [-0.05, 0) is 42.6 Å². The number of hydrogen-bond donors (Lipinski definition) is 2. The first kappa shape index (κ1) is 17.6. The van der Waals surface area contributed by atoms with E-state index >= 15 is 0 Å². The average molecular weight is 377 g/mol. The van der Waals surface area contributed by atoms with Crippen LogP contribution in [-0.4, -0.2) is 21.1 Å². The van der Waals surface area contributed by atoms with Crippen LogP contribution in [0.1, 0.15) is 12.7 Å². The van der Waals surface area contributed by atoms with E-state index in [-0.39, 0.29) is 5.56 Å².